The Labute approximate surface area is 183 Å². The fourth-order valence-corrected chi connectivity index (χ4v) is 2.64. The van der Waals surface area contributed by atoms with Crippen LogP contribution in [0.3, 0.4) is 0 Å². The molecule has 0 atom stereocenters. The summed E-state index contributed by atoms with van der Waals surface area (Å²) < 4.78 is 1.42. The van der Waals surface area contributed by atoms with Crippen LogP contribution in [0.25, 0.3) is 0 Å². The van der Waals surface area contributed by atoms with Crippen LogP contribution in [0.2, 0.25) is 0 Å². The van der Waals surface area contributed by atoms with Gasteiger partial charge in [0, 0.05) is 20.4 Å². The van der Waals surface area contributed by atoms with Crippen LogP contribution in [0.4, 0.5) is 0 Å². The number of hydrogen-bond donors (Lipinski definition) is 0. The van der Waals surface area contributed by atoms with Crippen molar-refractivity contribution >= 4 is 54.0 Å². The molecule has 0 amide bonds. The van der Waals surface area contributed by atoms with Gasteiger partial charge in [0.05, 0.1) is 26.2 Å². The molecule has 0 aromatic carbocycles. The van der Waals surface area contributed by atoms with Gasteiger partial charge in [-0.15, -0.1) is 0 Å². The summed E-state index contributed by atoms with van der Waals surface area (Å²) in [6.07, 6.45) is 11.1. The van der Waals surface area contributed by atoms with E-state index in [-0.39, 0.29) is 74.4 Å². The summed E-state index contributed by atoms with van der Waals surface area (Å²) in [5.74, 6) is 0. The Balaban J connectivity index is -0.000000128. The van der Waals surface area contributed by atoms with Crippen molar-refractivity contribution in [2.24, 2.45) is 0 Å². The summed E-state index contributed by atoms with van der Waals surface area (Å²) in [5, 5.41) is 0. The standard InChI is InChI=1S/C16H36N.Re.4H2S/c1-5-9-13-17(14-10-6-2,15-11-7-3)16-12-8-4;;;;;/h5-16H2,1-4H3;;4*1H2/q+1;;;;;/p-1. The Kier molecular flexibility index (Phi) is 49.6. The van der Waals surface area contributed by atoms with Gasteiger partial charge in [0.25, 0.3) is 0 Å². The summed E-state index contributed by atoms with van der Waals surface area (Å²) in [7, 11) is 0. The van der Waals surface area contributed by atoms with Gasteiger partial charge in [0.1, 0.15) is 0 Å². The van der Waals surface area contributed by atoms with Gasteiger partial charge in [-0.25, -0.2) is 0 Å². The van der Waals surface area contributed by atoms with Gasteiger partial charge in [-0.2, -0.15) is 40.5 Å². The number of quaternary nitrogens is 1. The van der Waals surface area contributed by atoms with Crippen LogP contribution in [0.5, 0.6) is 0 Å². The van der Waals surface area contributed by atoms with Crippen molar-refractivity contribution in [3.8, 4) is 0 Å². The van der Waals surface area contributed by atoms with Crippen molar-refractivity contribution in [1.29, 1.82) is 0 Å². The Morgan fingerprint density at radius 2 is 0.682 bits per heavy atom. The van der Waals surface area contributed by atoms with Gasteiger partial charge in [-0.1, -0.05) is 53.4 Å². The molecule has 0 rings (SSSR count). The van der Waals surface area contributed by atoms with Gasteiger partial charge in [-0.05, 0) is 25.7 Å². The molecule has 0 aliphatic rings. The predicted molar refractivity (Wildman–Crippen MR) is 119 cm³/mol. The Bertz CT molecular complexity index is 137. The maximum absolute atomic E-state index is 2.33. The van der Waals surface area contributed by atoms with Gasteiger partial charge < -0.3 is 18.0 Å². The van der Waals surface area contributed by atoms with Crippen LogP contribution in [-0.2, 0) is 33.9 Å². The minimum absolute atomic E-state index is 0. The number of nitrogens with zero attached hydrogens (tertiary/aromatic N) is 1. The van der Waals surface area contributed by atoms with E-state index < -0.39 is 0 Å². The van der Waals surface area contributed by atoms with Crippen LogP contribution in [-0.4, -0.2) is 30.7 Å². The molecule has 0 unspecified atom stereocenters. The zero-order chi connectivity index (χ0) is 13.0. The van der Waals surface area contributed by atoms with Crippen molar-refractivity contribution in [2.75, 3.05) is 26.2 Å². The Morgan fingerprint density at radius 3 is 0.818 bits per heavy atom. The molecule has 143 valence electrons. The summed E-state index contributed by atoms with van der Waals surface area (Å²) in [5.41, 5.74) is 0. The molecular weight excluding hydrogens is 521 g/mol. The number of hydrogen-bond acceptors (Lipinski definition) is 1. The molecule has 0 spiro atoms. The van der Waals surface area contributed by atoms with E-state index in [9.17, 15) is 0 Å². The number of rotatable bonds is 12. The number of thiol groups is 1. The molecule has 0 aromatic heterocycles. The first-order valence-electron chi connectivity index (χ1n) is 8.09. The van der Waals surface area contributed by atoms with E-state index in [0.717, 1.165) is 0 Å². The van der Waals surface area contributed by atoms with E-state index >= 15 is 0 Å². The van der Waals surface area contributed by atoms with Gasteiger partial charge in [-0.3, -0.25) is 0 Å². The molecule has 0 aromatic rings. The van der Waals surface area contributed by atoms with Crippen molar-refractivity contribution < 1.29 is 24.9 Å². The first kappa shape index (κ1) is 39.2. The van der Waals surface area contributed by atoms with E-state index in [2.05, 4.69) is 27.7 Å². The summed E-state index contributed by atoms with van der Waals surface area (Å²) in [6, 6.07) is 0. The second kappa shape index (κ2) is 27.9. The third-order valence-corrected chi connectivity index (χ3v) is 3.94. The van der Waals surface area contributed by atoms with Crippen LogP contribution in [0, 0.1) is 0 Å². The molecule has 0 saturated heterocycles. The second-order valence-electron chi connectivity index (χ2n) is 5.65. The molecule has 6 heteroatoms. The normalized spacial score (nSPS) is 9.27. The molecule has 22 heavy (non-hydrogen) atoms. The molecule has 0 saturated carbocycles. The van der Waals surface area contributed by atoms with Crippen LogP contribution < -0.4 is 0 Å². The molecule has 0 bridgehead atoms. The molecular formula is C16H43NReS4. The average Bonchev–Trinajstić information content (AvgIpc) is 2.37. The zero-order valence-corrected chi connectivity index (χ0v) is 21.9. The van der Waals surface area contributed by atoms with Crippen LogP contribution in [0.15, 0.2) is 0 Å². The van der Waals surface area contributed by atoms with E-state index in [0.29, 0.717) is 0 Å². The van der Waals surface area contributed by atoms with Crippen LogP contribution >= 0.6 is 40.5 Å². The third kappa shape index (κ3) is 20.1. The van der Waals surface area contributed by atoms with Crippen molar-refractivity contribution in [3.05, 3.63) is 0 Å². The number of unbranched alkanes of at least 4 members (excludes halogenated alkanes) is 4. The molecule has 0 fully saturated rings. The molecule has 0 aliphatic heterocycles. The smallest absolute Gasteiger partial charge is 0.0786 e. The topological polar surface area (TPSA) is 0 Å². The molecule has 0 N–H and O–H groups in total. The Hall–Kier alpha value is 2.02. The third-order valence-electron chi connectivity index (χ3n) is 3.94. The van der Waals surface area contributed by atoms with Crippen LogP contribution in [0.1, 0.15) is 79.1 Å². The molecule has 1 nitrogen and oxygen atoms in total. The summed E-state index contributed by atoms with van der Waals surface area (Å²) in [4.78, 5) is 0. The molecule has 1 radical (unpaired) electrons. The first-order chi connectivity index (χ1) is 8.24. The second-order valence-corrected chi connectivity index (χ2v) is 5.65. The van der Waals surface area contributed by atoms with Gasteiger partial charge >= 0.3 is 0 Å². The largest absolute Gasteiger partial charge is 0.813 e. The Morgan fingerprint density at radius 1 is 0.500 bits per heavy atom. The zero-order valence-electron chi connectivity index (χ0n) is 15.3. The SMILES string of the molecule is CCCC[N+](CCCC)(CCCC)CCCC.S.S.S.[Re].[SH-]. The van der Waals surface area contributed by atoms with Gasteiger partial charge in [0.2, 0.25) is 0 Å². The van der Waals surface area contributed by atoms with E-state index in [1.54, 1.807) is 0 Å². The predicted octanol–water partition coefficient (Wildman–Crippen LogP) is 5.07. The average molecular weight is 564 g/mol. The summed E-state index contributed by atoms with van der Waals surface area (Å²) >= 11 is 0. The molecule has 0 aliphatic carbocycles. The van der Waals surface area contributed by atoms with Crippen molar-refractivity contribution in [3.63, 3.8) is 0 Å². The fraction of sp³-hybridized carbons (Fsp3) is 1.00. The monoisotopic (exact) mass is 564 g/mol. The fourth-order valence-electron chi connectivity index (χ4n) is 2.64. The van der Waals surface area contributed by atoms with Crippen molar-refractivity contribution in [1.82, 2.24) is 0 Å². The first-order valence-corrected chi connectivity index (χ1v) is 8.09. The van der Waals surface area contributed by atoms with E-state index in [1.165, 1.54) is 82.0 Å². The van der Waals surface area contributed by atoms with Crippen molar-refractivity contribution in [2.45, 2.75) is 79.1 Å². The van der Waals surface area contributed by atoms with E-state index in [1.807, 2.05) is 0 Å². The minimum Gasteiger partial charge on any atom is -0.813 e. The van der Waals surface area contributed by atoms with E-state index in [4.69, 9.17) is 0 Å². The molecule has 0 heterocycles. The minimum atomic E-state index is 0. The summed E-state index contributed by atoms with van der Waals surface area (Å²) in [6.45, 7) is 15.0. The maximum Gasteiger partial charge on any atom is 0.0786 e. The maximum atomic E-state index is 2.33. The van der Waals surface area contributed by atoms with Gasteiger partial charge in [0.15, 0.2) is 0 Å². The quantitative estimate of drug-likeness (QED) is 0.182.